The van der Waals surface area contributed by atoms with Gasteiger partial charge < -0.3 is 9.88 Å². The smallest absolute Gasteiger partial charge is 0.254 e. The highest BCUT2D eigenvalue weighted by Crippen LogP contribution is 2.16. The molecule has 1 aromatic heterocycles. The topological polar surface area (TPSA) is 36.1 Å². The highest BCUT2D eigenvalue weighted by molar-refractivity contribution is 5.98. The number of nitrogens with one attached hydrogen (secondary N) is 1. The maximum absolute atomic E-state index is 12.4. The van der Waals surface area contributed by atoms with Gasteiger partial charge in [-0.3, -0.25) is 4.79 Å². The van der Waals surface area contributed by atoms with E-state index in [1.165, 1.54) is 0 Å². The first kappa shape index (κ1) is 12.4. The summed E-state index contributed by atoms with van der Waals surface area (Å²) in [6.45, 7) is 8.29. The van der Waals surface area contributed by atoms with Gasteiger partial charge in [-0.2, -0.15) is 0 Å². The first-order chi connectivity index (χ1) is 8.63. The summed E-state index contributed by atoms with van der Waals surface area (Å²) < 4.78 is 0. The third-order valence-electron chi connectivity index (χ3n) is 3.01. The number of amides is 1. The lowest BCUT2D eigenvalue weighted by Crippen LogP contribution is -2.36. The van der Waals surface area contributed by atoms with Crippen molar-refractivity contribution in [2.45, 2.75) is 19.9 Å². The number of nitrogens with zero attached hydrogens (tertiary/aromatic N) is 1. The highest BCUT2D eigenvalue weighted by atomic mass is 16.2. The molecule has 2 rings (SSSR count). The Morgan fingerprint density at radius 3 is 2.89 bits per heavy atom. The molecule has 0 spiro atoms. The van der Waals surface area contributed by atoms with Crippen LogP contribution >= 0.6 is 0 Å². The molecule has 18 heavy (non-hydrogen) atoms. The third kappa shape index (κ3) is 2.30. The fourth-order valence-corrected chi connectivity index (χ4v) is 2.02. The van der Waals surface area contributed by atoms with E-state index in [0.29, 0.717) is 6.54 Å². The van der Waals surface area contributed by atoms with Crippen molar-refractivity contribution < 1.29 is 4.79 Å². The van der Waals surface area contributed by atoms with Gasteiger partial charge in [0.15, 0.2) is 0 Å². The van der Waals surface area contributed by atoms with Gasteiger partial charge in [-0.1, -0.05) is 6.08 Å². The molecule has 0 atom stereocenters. The molecule has 0 saturated carbocycles. The summed E-state index contributed by atoms with van der Waals surface area (Å²) in [5, 5.41) is 1.06. The maximum atomic E-state index is 12.4. The van der Waals surface area contributed by atoms with Crippen molar-refractivity contribution in [2.24, 2.45) is 0 Å². The van der Waals surface area contributed by atoms with Crippen molar-refractivity contribution in [3.05, 3.63) is 48.7 Å². The average molecular weight is 242 g/mol. The molecule has 0 unspecified atom stereocenters. The second kappa shape index (κ2) is 5.08. The number of aromatic nitrogens is 1. The fourth-order valence-electron chi connectivity index (χ4n) is 2.02. The van der Waals surface area contributed by atoms with Gasteiger partial charge in [0, 0.05) is 35.2 Å². The first-order valence-corrected chi connectivity index (χ1v) is 6.12. The van der Waals surface area contributed by atoms with Gasteiger partial charge in [0.25, 0.3) is 5.91 Å². The van der Waals surface area contributed by atoms with Crippen LogP contribution in [-0.4, -0.2) is 28.4 Å². The minimum atomic E-state index is 0.0491. The summed E-state index contributed by atoms with van der Waals surface area (Å²) >= 11 is 0. The zero-order valence-electron chi connectivity index (χ0n) is 10.8. The van der Waals surface area contributed by atoms with Crippen LogP contribution in [0.2, 0.25) is 0 Å². The average Bonchev–Trinajstić information content (AvgIpc) is 2.81. The standard InChI is InChI=1S/C15H18N2O/c1-4-9-17(11(2)3)15(18)13-5-6-14-12(10-13)7-8-16-14/h4-8,10-11,16H,1,9H2,2-3H3. The molecule has 0 aliphatic heterocycles. The van der Waals surface area contributed by atoms with Crippen molar-refractivity contribution in [2.75, 3.05) is 6.54 Å². The lowest BCUT2D eigenvalue weighted by molar-refractivity contribution is 0.0729. The van der Waals surface area contributed by atoms with E-state index < -0.39 is 0 Å². The van der Waals surface area contributed by atoms with Crippen molar-refractivity contribution in [3.8, 4) is 0 Å². The minimum absolute atomic E-state index is 0.0491. The number of hydrogen-bond donors (Lipinski definition) is 1. The Morgan fingerprint density at radius 2 is 2.22 bits per heavy atom. The number of fused-ring (bicyclic) bond motifs is 1. The Bertz CT molecular complexity index is 569. The number of rotatable bonds is 4. The SMILES string of the molecule is C=CCN(C(=O)c1ccc2[nH]ccc2c1)C(C)C. The summed E-state index contributed by atoms with van der Waals surface area (Å²) in [7, 11) is 0. The molecule has 2 aromatic rings. The number of carbonyl (C=O) groups is 1. The number of aromatic amines is 1. The van der Waals surface area contributed by atoms with Gasteiger partial charge in [0.05, 0.1) is 0 Å². The molecule has 94 valence electrons. The van der Waals surface area contributed by atoms with Crippen molar-refractivity contribution in [1.82, 2.24) is 9.88 Å². The van der Waals surface area contributed by atoms with E-state index in [0.717, 1.165) is 16.5 Å². The van der Waals surface area contributed by atoms with Gasteiger partial charge in [0.2, 0.25) is 0 Å². The van der Waals surface area contributed by atoms with E-state index >= 15 is 0 Å². The van der Waals surface area contributed by atoms with Gasteiger partial charge >= 0.3 is 0 Å². The van der Waals surface area contributed by atoms with E-state index in [-0.39, 0.29) is 11.9 Å². The fraction of sp³-hybridized carbons (Fsp3) is 0.267. The summed E-state index contributed by atoms with van der Waals surface area (Å²) in [6, 6.07) is 7.86. The Hall–Kier alpha value is -2.03. The van der Waals surface area contributed by atoms with Gasteiger partial charge in [-0.05, 0) is 38.1 Å². The molecule has 0 bridgehead atoms. The van der Waals surface area contributed by atoms with Crippen LogP contribution in [0.4, 0.5) is 0 Å². The largest absolute Gasteiger partial charge is 0.361 e. The second-order valence-electron chi connectivity index (χ2n) is 4.62. The lowest BCUT2D eigenvalue weighted by atomic mass is 10.1. The van der Waals surface area contributed by atoms with Crippen LogP contribution in [0.5, 0.6) is 0 Å². The lowest BCUT2D eigenvalue weighted by Gasteiger charge is -2.25. The van der Waals surface area contributed by atoms with Crippen LogP contribution in [0.1, 0.15) is 24.2 Å². The summed E-state index contributed by atoms with van der Waals surface area (Å²) in [4.78, 5) is 17.3. The monoisotopic (exact) mass is 242 g/mol. The minimum Gasteiger partial charge on any atom is -0.361 e. The zero-order valence-corrected chi connectivity index (χ0v) is 10.8. The Labute approximate surface area is 107 Å². The maximum Gasteiger partial charge on any atom is 0.254 e. The Kier molecular flexibility index (Phi) is 3.51. The van der Waals surface area contributed by atoms with Crippen molar-refractivity contribution in [1.29, 1.82) is 0 Å². The summed E-state index contributed by atoms with van der Waals surface area (Å²) in [5.41, 5.74) is 1.77. The van der Waals surface area contributed by atoms with E-state index in [9.17, 15) is 4.79 Å². The molecule has 0 aliphatic carbocycles. The van der Waals surface area contributed by atoms with Crippen LogP contribution < -0.4 is 0 Å². The van der Waals surface area contributed by atoms with Gasteiger partial charge in [-0.15, -0.1) is 6.58 Å². The molecule has 0 radical (unpaired) electrons. The van der Waals surface area contributed by atoms with E-state index in [4.69, 9.17) is 0 Å². The molecular weight excluding hydrogens is 224 g/mol. The van der Waals surface area contributed by atoms with E-state index in [1.54, 1.807) is 11.0 Å². The van der Waals surface area contributed by atoms with Gasteiger partial charge in [0.1, 0.15) is 0 Å². The molecule has 1 heterocycles. The molecule has 1 aromatic carbocycles. The third-order valence-corrected chi connectivity index (χ3v) is 3.01. The van der Waals surface area contributed by atoms with Crippen LogP contribution in [0, 0.1) is 0 Å². The van der Waals surface area contributed by atoms with Crippen molar-refractivity contribution >= 4 is 16.8 Å². The normalized spacial score (nSPS) is 10.8. The molecule has 0 aliphatic rings. The zero-order chi connectivity index (χ0) is 13.1. The van der Waals surface area contributed by atoms with E-state index in [2.05, 4.69) is 11.6 Å². The highest BCUT2D eigenvalue weighted by Gasteiger charge is 2.17. The van der Waals surface area contributed by atoms with Crippen LogP contribution in [0.15, 0.2) is 43.1 Å². The number of benzene rings is 1. The Morgan fingerprint density at radius 1 is 1.44 bits per heavy atom. The molecular formula is C15H18N2O. The number of carbonyl (C=O) groups excluding carboxylic acids is 1. The van der Waals surface area contributed by atoms with Crippen molar-refractivity contribution in [3.63, 3.8) is 0 Å². The molecule has 1 amide bonds. The Balaban J connectivity index is 2.33. The number of hydrogen-bond acceptors (Lipinski definition) is 1. The molecule has 1 N–H and O–H groups in total. The molecule has 0 saturated heterocycles. The predicted octanol–water partition coefficient (Wildman–Crippen LogP) is 3.20. The van der Waals surface area contributed by atoms with Crippen LogP contribution in [0.3, 0.4) is 0 Å². The van der Waals surface area contributed by atoms with E-state index in [1.807, 2.05) is 44.3 Å². The molecule has 3 nitrogen and oxygen atoms in total. The van der Waals surface area contributed by atoms with Crippen LogP contribution in [0.25, 0.3) is 10.9 Å². The molecule has 3 heteroatoms. The van der Waals surface area contributed by atoms with Gasteiger partial charge in [-0.25, -0.2) is 0 Å². The number of H-pyrrole nitrogens is 1. The predicted molar refractivity (Wildman–Crippen MR) is 74.7 cm³/mol. The summed E-state index contributed by atoms with van der Waals surface area (Å²) in [5.74, 6) is 0.0491. The van der Waals surface area contributed by atoms with Crippen LogP contribution in [-0.2, 0) is 0 Å². The second-order valence-corrected chi connectivity index (χ2v) is 4.62. The quantitative estimate of drug-likeness (QED) is 0.821. The summed E-state index contributed by atoms with van der Waals surface area (Å²) in [6.07, 6.45) is 3.63. The molecule has 0 fully saturated rings. The first-order valence-electron chi connectivity index (χ1n) is 6.12.